The van der Waals surface area contributed by atoms with Crippen LogP contribution in [0.1, 0.15) is 32.2 Å². The summed E-state index contributed by atoms with van der Waals surface area (Å²) in [6, 6.07) is 0.000617. The SMILES string of the molecule is CC(C1CC1)n1cc(NC(=O)N(C)C2CCN(S(C)(=O)=O)C2)cn1. The van der Waals surface area contributed by atoms with E-state index >= 15 is 0 Å². The zero-order valence-corrected chi connectivity index (χ0v) is 15.2. The van der Waals surface area contributed by atoms with Crippen LogP contribution >= 0.6 is 0 Å². The van der Waals surface area contributed by atoms with Gasteiger partial charge < -0.3 is 10.2 Å². The number of nitrogens with one attached hydrogen (secondary N) is 1. The third-order valence-electron chi connectivity index (χ3n) is 5.04. The van der Waals surface area contributed by atoms with Gasteiger partial charge in [-0.2, -0.15) is 5.10 Å². The summed E-state index contributed by atoms with van der Waals surface area (Å²) in [5.74, 6) is 0.691. The summed E-state index contributed by atoms with van der Waals surface area (Å²) >= 11 is 0. The average Bonchev–Trinajstić information content (AvgIpc) is 3.05. The van der Waals surface area contributed by atoms with E-state index in [4.69, 9.17) is 0 Å². The molecule has 24 heavy (non-hydrogen) atoms. The summed E-state index contributed by atoms with van der Waals surface area (Å²) < 4.78 is 26.5. The van der Waals surface area contributed by atoms with E-state index < -0.39 is 10.0 Å². The van der Waals surface area contributed by atoms with Crippen molar-refractivity contribution in [3.63, 3.8) is 0 Å². The fraction of sp³-hybridized carbons (Fsp3) is 0.733. The van der Waals surface area contributed by atoms with Crippen molar-refractivity contribution in [1.29, 1.82) is 0 Å². The summed E-state index contributed by atoms with van der Waals surface area (Å²) in [6.45, 7) is 2.94. The van der Waals surface area contributed by atoms with Crippen molar-refractivity contribution in [2.24, 2.45) is 5.92 Å². The maximum Gasteiger partial charge on any atom is 0.321 e. The summed E-state index contributed by atoms with van der Waals surface area (Å²) in [7, 11) is -1.50. The van der Waals surface area contributed by atoms with Crippen molar-refractivity contribution >= 4 is 21.7 Å². The highest BCUT2D eigenvalue weighted by atomic mass is 32.2. The molecule has 3 rings (SSSR count). The van der Waals surface area contributed by atoms with E-state index in [2.05, 4.69) is 17.3 Å². The minimum atomic E-state index is -3.20. The number of nitrogens with zero attached hydrogens (tertiary/aromatic N) is 4. The Morgan fingerprint density at radius 2 is 2.12 bits per heavy atom. The van der Waals surface area contributed by atoms with Crippen molar-refractivity contribution in [1.82, 2.24) is 19.0 Å². The van der Waals surface area contributed by atoms with Crippen LogP contribution in [0.25, 0.3) is 0 Å². The van der Waals surface area contributed by atoms with Crippen LogP contribution in [-0.4, -0.2) is 65.9 Å². The summed E-state index contributed by atoms with van der Waals surface area (Å²) in [4.78, 5) is 14.0. The molecule has 2 unspecified atom stereocenters. The Balaban J connectivity index is 1.57. The first-order chi connectivity index (χ1) is 11.3. The minimum absolute atomic E-state index is 0.111. The fourth-order valence-electron chi connectivity index (χ4n) is 3.13. The van der Waals surface area contributed by atoms with Gasteiger partial charge in [-0.1, -0.05) is 0 Å². The molecule has 0 radical (unpaired) electrons. The third-order valence-corrected chi connectivity index (χ3v) is 6.31. The largest absolute Gasteiger partial charge is 0.323 e. The lowest BCUT2D eigenvalue weighted by Gasteiger charge is -2.24. The monoisotopic (exact) mass is 355 g/mol. The summed E-state index contributed by atoms with van der Waals surface area (Å²) in [5, 5.41) is 7.17. The highest BCUT2D eigenvalue weighted by molar-refractivity contribution is 7.88. The highest BCUT2D eigenvalue weighted by Crippen LogP contribution is 2.39. The maximum absolute atomic E-state index is 12.4. The number of carbonyl (C=O) groups excluding carboxylic acids is 1. The van der Waals surface area contributed by atoms with Crippen molar-refractivity contribution in [2.75, 3.05) is 31.7 Å². The first kappa shape index (κ1) is 17.2. The van der Waals surface area contributed by atoms with E-state index in [-0.39, 0.29) is 12.1 Å². The smallest absolute Gasteiger partial charge is 0.321 e. The molecule has 2 amide bonds. The number of urea groups is 1. The van der Waals surface area contributed by atoms with Crippen molar-refractivity contribution in [3.05, 3.63) is 12.4 Å². The second kappa shape index (κ2) is 6.36. The molecule has 1 N–H and O–H groups in total. The minimum Gasteiger partial charge on any atom is -0.323 e. The zero-order chi connectivity index (χ0) is 17.5. The maximum atomic E-state index is 12.4. The highest BCUT2D eigenvalue weighted by Gasteiger charge is 2.33. The van der Waals surface area contributed by atoms with Gasteiger partial charge >= 0.3 is 6.03 Å². The van der Waals surface area contributed by atoms with Crippen molar-refractivity contribution < 1.29 is 13.2 Å². The third kappa shape index (κ3) is 3.72. The number of sulfonamides is 1. The van der Waals surface area contributed by atoms with Gasteiger partial charge in [0.2, 0.25) is 10.0 Å². The van der Waals surface area contributed by atoms with Gasteiger partial charge in [-0.25, -0.2) is 17.5 Å². The zero-order valence-electron chi connectivity index (χ0n) is 14.3. The molecular weight excluding hydrogens is 330 g/mol. The Bertz CT molecular complexity index is 712. The van der Waals surface area contributed by atoms with Crippen LogP contribution in [0.15, 0.2) is 12.4 Å². The van der Waals surface area contributed by atoms with Crippen LogP contribution in [0.2, 0.25) is 0 Å². The van der Waals surface area contributed by atoms with Crippen LogP contribution in [0, 0.1) is 5.92 Å². The molecule has 0 bridgehead atoms. The number of hydrogen-bond acceptors (Lipinski definition) is 4. The lowest BCUT2D eigenvalue weighted by Crippen LogP contribution is -2.42. The van der Waals surface area contributed by atoms with E-state index in [1.807, 2.05) is 10.9 Å². The fourth-order valence-corrected chi connectivity index (χ4v) is 4.01. The van der Waals surface area contributed by atoms with Crippen LogP contribution in [0.3, 0.4) is 0 Å². The van der Waals surface area contributed by atoms with E-state index in [9.17, 15) is 13.2 Å². The normalized spacial score (nSPS) is 23.2. The predicted molar refractivity (Wildman–Crippen MR) is 91.3 cm³/mol. The molecule has 1 saturated carbocycles. The molecule has 2 aliphatic rings. The predicted octanol–water partition coefficient (Wildman–Crippen LogP) is 1.35. The van der Waals surface area contributed by atoms with E-state index in [1.54, 1.807) is 18.1 Å². The lowest BCUT2D eigenvalue weighted by atomic mass is 10.2. The Kier molecular flexibility index (Phi) is 4.56. The summed E-state index contributed by atoms with van der Waals surface area (Å²) in [6.07, 6.45) is 7.84. The molecule has 9 heteroatoms. The Morgan fingerprint density at radius 3 is 2.71 bits per heavy atom. The van der Waals surface area contributed by atoms with E-state index in [0.717, 1.165) is 0 Å². The molecule has 0 aromatic carbocycles. The Hall–Kier alpha value is -1.61. The standard InChI is InChI=1S/C15H25N5O3S/c1-11(12-4-5-12)20-9-13(8-16-20)17-15(21)18(2)14-6-7-19(10-14)24(3,22)23/h8-9,11-12,14H,4-7,10H2,1-3H3,(H,17,21). The first-order valence-corrected chi connectivity index (χ1v) is 10.1. The quantitative estimate of drug-likeness (QED) is 0.864. The molecule has 1 aromatic rings. The number of rotatable bonds is 5. The first-order valence-electron chi connectivity index (χ1n) is 8.29. The number of anilines is 1. The van der Waals surface area contributed by atoms with Gasteiger partial charge in [-0.3, -0.25) is 4.68 Å². The number of likely N-dealkylation sites (N-methyl/N-ethyl adjacent to an activating group) is 1. The van der Waals surface area contributed by atoms with Gasteiger partial charge in [-0.15, -0.1) is 0 Å². The molecular formula is C15H25N5O3S. The van der Waals surface area contributed by atoms with Gasteiger partial charge in [-0.05, 0) is 32.1 Å². The van der Waals surface area contributed by atoms with Gasteiger partial charge in [0.05, 0.1) is 24.2 Å². The number of amides is 2. The van der Waals surface area contributed by atoms with Gasteiger partial charge in [0.25, 0.3) is 0 Å². The molecule has 1 saturated heterocycles. The molecule has 0 spiro atoms. The van der Waals surface area contributed by atoms with Crippen LogP contribution < -0.4 is 5.32 Å². The molecule has 1 aliphatic carbocycles. The van der Waals surface area contributed by atoms with Crippen LogP contribution in [-0.2, 0) is 10.0 Å². The van der Waals surface area contributed by atoms with Gasteiger partial charge in [0.15, 0.2) is 0 Å². The lowest BCUT2D eigenvalue weighted by molar-refractivity contribution is 0.206. The Labute approximate surface area is 142 Å². The molecule has 2 heterocycles. The molecule has 8 nitrogen and oxygen atoms in total. The molecule has 134 valence electrons. The average molecular weight is 355 g/mol. The van der Waals surface area contributed by atoms with Gasteiger partial charge in [0.1, 0.15) is 0 Å². The molecule has 2 atom stereocenters. The van der Waals surface area contributed by atoms with Crippen molar-refractivity contribution in [2.45, 2.75) is 38.3 Å². The molecule has 1 aromatic heterocycles. The number of hydrogen-bond donors (Lipinski definition) is 1. The summed E-state index contributed by atoms with van der Waals surface area (Å²) in [5.41, 5.74) is 0.664. The van der Waals surface area contributed by atoms with Crippen LogP contribution in [0.5, 0.6) is 0 Å². The topological polar surface area (TPSA) is 87.5 Å². The molecule has 2 fully saturated rings. The Morgan fingerprint density at radius 1 is 1.42 bits per heavy atom. The van der Waals surface area contributed by atoms with Gasteiger partial charge in [0, 0.05) is 32.4 Å². The molecule has 1 aliphatic heterocycles. The van der Waals surface area contributed by atoms with Crippen molar-refractivity contribution in [3.8, 4) is 0 Å². The second-order valence-electron chi connectivity index (χ2n) is 6.89. The number of carbonyl (C=O) groups is 1. The second-order valence-corrected chi connectivity index (χ2v) is 8.87. The van der Waals surface area contributed by atoms with E-state index in [0.29, 0.717) is 37.2 Å². The van der Waals surface area contributed by atoms with Crippen LogP contribution in [0.4, 0.5) is 10.5 Å². The number of aromatic nitrogens is 2. The van der Waals surface area contributed by atoms with E-state index in [1.165, 1.54) is 23.4 Å².